The summed E-state index contributed by atoms with van der Waals surface area (Å²) in [6.07, 6.45) is 1.19. The second-order valence-electron chi connectivity index (χ2n) is 5.88. The number of anilines is 1. The van der Waals surface area contributed by atoms with Gasteiger partial charge in [0.25, 0.3) is 5.91 Å². The molecule has 0 aliphatic carbocycles. The molecule has 1 saturated heterocycles. The zero-order chi connectivity index (χ0) is 14.7. The minimum atomic E-state index is 0.125. The smallest absolute Gasteiger partial charge is 0.253 e. The molecule has 1 amide bonds. The van der Waals surface area contributed by atoms with Crippen LogP contribution in [0.25, 0.3) is 0 Å². The molecule has 4 heteroatoms. The van der Waals surface area contributed by atoms with Crippen molar-refractivity contribution in [2.75, 3.05) is 46.1 Å². The monoisotopic (exact) mass is 275 g/mol. The molecule has 1 heterocycles. The first-order chi connectivity index (χ1) is 9.51. The summed E-state index contributed by atoms with van der Waals surface area (Å²) in [6.45, 7) is 5.07. The van der Waals surface area contributed by atoms with E-state index in [1.54, 1.807) is 0 Å². The van der Waals surface area contributed by atoms with E-state index in [0.717, 1.165) is 36.4 Å². The third kappa shape index (κ3) is 3.31. The third-order valence-corrected chi connectivity index (χ3v) is 4.11. The molecule has 0 spiro atoms. The molecule has 1 aromatic rings. The lowest BCUT2D eigenvalue weighted by molar-refractivity contribution is 0.0773. The van der Waals surface area contributed by atoms with Gasteiger partial charge in [-0.2, -0.15) is 0 Å². The largest absolute Gasteiger partial charge is 0.388 e. The molecule has 1 aliphatic rings. The SMILES string of the molecule is CNc1ccc(C(=O)N(C)CC2CCN(C)C2)c(C)c1. The number of likely N-dealkylation sites (tertiary alicyclic amines) is 1. The van der Waals surface area contributed by atoms with Crippen LogP contribution >= 0.6 is 0 Å². The summed E-state index contributed by atoms with van der Waals surface area (Å²) in [5.41, 5.74) is 2.87. The van der Waals surface area contributed by atoms with E-state index in [1.807, 2.05) is 44.1 Å². The molecule has 20 heavy (non-hydrogen) atoms. The molecule has 1 unspecified atom stereocenters. The van der Waals surface area contributed by atoms with Crippen molar-refractivity contribution in [1.29, 1.82) is 0 Å². The van der Waals surface area contributed by atoms with Gasteiger partial charge in [-0.3, -0.25) is 4.79 Å². The van der Waals surface area contributed by atoms with Crippen LogP contribution in [0.4, 0.5) is 5.69 Å². The highest BCUT2D eigenvalue weighted by molar-refractivity contribution is 5.95. The Labute approximate surface area is 121 Å². The van der Waals surface area contributed by atoms with E-state index >= 15 is 0 Å². The van der Waals surface area contributed by atoms with Gasteiger partial charge in [-0.05, 0) is 56.6 Å². The van der Waals surface area contributed by atoms with Gasteiger partial charge in [0.05, 0.1) is 0 Å². The normalized spacial score (nSPS) is 19.1. The van der Waals surface area contributed by atoms with Crippen molar-refractivity contribution in [3.05, 3.63) is 29.3 Å². The molecule has 110 valence electrons. The van der Waals surface area contributed by atoms with Crippen LogP contribution in [0.2, 0.25) is 0 Å². The second-order valence-corrected chi connectivity index (χ2v) is 5.88. The van der Waals surface area contributed by atoms with Crippen LogP contribution in [0.5, 0.6) is 0 Å². The lowest BCUT2D eigenvalue weighted by Crippen LogP contribution is -2.33. The maximum absolute atomic E-state index is 12.5. The summed E-state index contributed by atoms with van der Waals surface area (Å²) >= 11 is 0. The maximum atomic E-state index is 12.5. The van der Waals surface area contributed by atoms with Crippen molar-refractivity contribution < 1.29 is 4.79 Å². The summed E-state index contributed by atoms with van der Waals surface area (Å²) in [5, 5.41) is 3.10. The predicted octanol–water partition coefficient (Wildman–Crippen LogP) is 2.06. The molecule has 4 nitrogen and oxygen atoms in total. The van der Waals surface area contributed by atoms with Gasteiger partial charge in [-0.1, -0.05) is 0 Å². The Balaban J connectivity index is 2.03. The van der Waals surface area contributed by atoms with Crippen LogP contribution in [-0.2, 0) is 0 Å². The number of aryl methyl sites for hydroxylation is 1. The molecule has 0 bridgehead atoms. The Morgan fingerprint density at radius 1 is 1.50 bits per heavy atom. The molecule has 2 rings (SSSR count). The van der Waals surface area contributed by atoms with Gasteiger partial charge in [-0.15, -0.1) is 0 Å². The van der Waals surface area contributed by atoms with Crippen LogP contribution in [0.15, 0.2) is 18.2 Å². The fourth-order valence-electron chi connectivity index (χ4n) is 2.91. The number of benzene rings is 1. The average molecular weight is 275 g/mol. The number of hydrogen-bond acceptors (Lipinski definition) is 3. The molecular formula is C16H25N3O. The molecule has 1 atom stereocenters. The van der Waals surface area contributed by atoms with Crippen LogP contribution in [0, 0.1) is 12.8 Å². The molecule has 1 N–H and O–H groups in total. The van der Waals surface area contributed by atoms with Crippen LogP contribution < -0.4 is 5.32 Å². The van der Waals surface area contributed by atoms with Crippen molar-refractivity contribution in [1.82, 2.24) is 9.80 Å². The van der Waals surface area contributed by atoms with Crippen LogP contribution in [0.3, 0.4) is 0 Å². The number of nitrogens with zero attached hydrogens (tertiary/aromatic N) is 2. The van der Waals surface area contributed by atoms with Gasteiger partial charge in [0.1, 0.15) is 0 Å². The van der Waals surface area contributed by atoms with Crippen molar-refractivity contribution in [2.45, 2.75) is 13.3 Å². The van der Waals surface area contributed by atoms with Crippen molar-refractivity contribution in [2.24, 2.45) is 5.92 Å². The van der Waals surface area contributed by atoms with Crippen LogP contribution in [-0.4, -0.2) is 56.5 Å². The molecule has 1 fully saturated rings. The standard InChI is InChI=1S/C16H25N3O/c1-12-9-14(17-2)5-6-15(12)16(20)19(4)11-13-7-8-18(3)10-13/h5-6,9,13,17H,7-8,10-11H2,1-4H3. The fourth-order valence-corrected chi connectivity index (χ4v) is 2.91. The van der Waals surface area contributed by atoms with Crippen molar-refractivity contribution in [3.63, 3.8) is 0 Å². The highest BCUT2D eigenvalue weighted by Gasteiger charge is 2.23. The van der Waals surface area contributed by atoms with E-state index in [9.17, 15) is 4.79 Å². The first kappa shape index (κ1) is 14.9. The predicted molar refractivity (Wildman–Crippen MR) is 83.3 cm³/mol. The molecule has 1 aliphatic heterocycles. The lowest BCUT2D eigenvalue weighted by Gasteiger charge is -2.22. The van der Waals surface area contributed by atoms with Crippen molar-refractivity contribution in [3.8, 4) is 0 Å². The Kier molecular flexibility index (Phi) is 4.65. The number of amides is 1. The van der Waals surface area contributed by atoms with Crippen molar-refractivity contribution >= 4 is 11.6 Å². The number of carbonyl (C=O) groups is 1. The van der Waals surface area contributed by atoms with E-state index < -0.39 is 0 Å². The summed E-state index contributed by atoms with van der Waals surface area (Å²) in [6, 6.07) is 5.89. The molecular weight excluding hydrogens is 250 g/mol. The summed E-state index contributed by atoms with van der Waals surface area (Å²) in [5.74, 6) is 0.727. The third-order valence-electron chi connectivity index (χ3n) is 4.11. The van der Waals surface area contributed by atoms with E-state index in [-0.39, 0.29) is 5.91 Å². The first-order valence-corrected chi connectivity index (χ1v) is 7.23. The van der Waals surface area contributed by atoms with Crippen LogP contribution in [0.1, 0.15) is 22.3 Å². The average Bonchev–Trinajstić information content (AvgIpc) is 2.83. The minimum Gasteiger partial charge on any atom is -0.388 e. The fraction of sp³-hybridized carbons (Fsp3) is 0.562. The molecule has 0 radical (unpaired) electrons. The van der Waals surface area contributed by atoms with E-state index in [0.29, 0.717) is 5.92 Å². The molecule has 0 saturated carbocycles. The minimum absolute atomic E-state index is 0.125. The first-order valence-electron chi connectivity index (χ1n) is 7.23. The van der Waals surface area contributed by atoms with Gasteiger partial charge < -0.3 is 15.1 Å². The highest BCUT2D eigenvalue weighted by atomic mass is 16.2. The number of rotatable bonds is 4. The Morgan fingerprint density at radius 2 is 2.25 bits per heavy atom. The molecule has 0 aromatic heterocycles. The Hall–Kier alpha value is -1.55. The Morgan fingerprint density at radius 3 is 2.80 bits per heavy atom. The lowest BCUT2D eigenvalue weighted by atomic mass is 10.0. The van der Waals surface area contributed by atoms with E-state index in [4.69, 9.17) is 0 Å². The van der Waals surface area contributed by atoms with Gasteiger partial charge in [0.15, 0.2) is 0 Å². The van der Waals surface area contributed by atoms with E-state index in [1.165, 1.54) is 6.42 Å². The highest BCUT2D eigenvalue weighted by Crippen LogP contribution is 2.19. The van der Waals surface area contributed by atoms with Gasteiger partial charge in [0.2, 0.25) is 0 Å². The number of carbonyl (C=O) groups excluding carboxylic acids is 1. The van der Waals surface area contributed by atoms with E-state index in [2.05, 4.69) is 17.3 Å². The summed E-state index contributed by atoms with van der Waals surface area (Å²) in [7, 11) is 5.94. The second kappa shape index (κ2) is 6.27. The Bertz CT molecular complexity index is 487. The number of hydrogen-bond donors (Lipinski definition) is 1. The zero-order valence-corrected chi connectivity index (χ0v) is 12.9. The van der Waals surface area contributed by atoms with Gasteiger partial charge in [-0.25, -0.2) is 0 Å². The van der Waals surface area contributed by atoms with Gasteiger partial charge >= 0.3 is 0 Å². The van der Waals surface area contributed by atoms with Gasteiger partial charge in [0, 0.05) is 38.4 Å². The topological polar surface area (TPSA) is 35.6 Å². The number of nitrogens with one attached hydrogen (secondary N) is 1. The summed E-state index contributed by atoms with van der Waals surface area (Å²) < 4.78 is 0. The maximum Gasteiger partial charge on any atom is 0.253 e. The zero-order valence-electron chi connectivity index (χ0n) is 12.9. The summed E-state index contributed by atoms with van der Waals surface area (Å²) in [4.78, 5) is 16.7. The quantitative estimate of drug-likeness (QED) is 0.913. The molecule has 1 aromatic carbocycles.